The molecule has 0 aliphatic carbocycles. The van der Waals surface area contributed by atoms with Crippen molar-refractivity contribution in [3.63, 3.8) is 0 Å². The first-order valence-corrected chi connectivity index (χ1v) is 7.37. The summed E-state index contributed by atoms with van der Waals surface area (Å²) >= 11 is 1.72. The Hall–Kier alpha value is -1.43. The molecule has 2 aromatic rings. The van der Waals surface area contributed by atoms with Gasteiger partial charge in [-0.2, -0.15) is 0 Å². The second-order valence-corrected chi connectivity index (χ2v) is 5.88. The molecule has 0 spiro atoms. The average molecular weight is 291 g/mol. The Balaban J connectivity index is 2.29. The van der Waals surface area contributed by atoms with E-state index in [0.717, 1.165) is 22.8 Å². The Bertz CT molecular complexity index is 525. The molecule has 0 atom stereocenters. The molecule has 1 aromatic heterocycles. The Morgan fingerprint density at radius 1 is 1.25 bits per heavy atom. The van der Waals surface area contributed by atoms with Crippen molar-refractivity contribution in [1.82, 2.24) is 10.3 Å². The highest BCUT2D eigenvalue weighted by molar-refractivity contribution is 7.15. The van der Waals surface area contributed by atoms with Crippen molar-refractivity contribution in [3.8, 4) is 10.6 Å². The first-order chi connectivity index (χ1) is 9.65. The highest BCUT2D eigenvalue weighted by atomic mass is 32.1. The zero-order chi connectivity index (χ0) is 14.5. The number of nitrogens with zero attached hydrogens (tertiary/aromatic N) is 2. The highest BCUT2D eigenvalue weighted by Gasteiger charge is 2.12. The fraction of sp³-hybridized carbons (Fsp3) is 0.400. The molecule has 0 unspecified atom stereocenters. The molecule has 0 radical (unpaired) electrons. The molecule has 5 heteroatoms. The van der Waals surface area contributed by atoms with Gasteiger partial charge in [-0.25, -0.2) is 4.98 Å². The first-order valence-electron chi connectivity index (χ1n) is 6.55. The van der Waals surface area contributed by atoms with Gasteiger partial charge in [-0.1, -0.05) is 0 Å². The summed E-state index contributed by atoms with van der Waals surface area (Å²) in [5.74, 6) is 0. The van der Waals surface area contributed by atoms with Gasteiger partial charge < -0.3 is 15.0 Å². The summed E-state index contributed by atoms with van der Waals surface area (Å²) in [4.78, 5) is 8.03. The van der Waals surface area contributed by atoms with E-state index < -0.39 is 0 Å². The fourth-order valence-corrected chi connectivity index (χ4v) is 3.04. The predicted octanol–water partition coefficient (Wildman–Crippen LogP) is 2.74. The van der Waals surface area contributed by atoms with Crippen LogP contribution in [0.5, 0.6) is 0 Å². The van der Waals surface area contributed by atoms with Crippen molar-refractivity contribution in [1.29, 1.82) is 0 Å². The number of benzene rings is 1. The topological polar surface area (TPSA) is 37.4 Å². The van der Waals surface area contributed by atoms with Crippen LogP contribution >= 0.6 is 11.3 Å². The minimum Gasteiger partial charge on any atom is -0.378 e. The second kappa shape index (κ2) is 6.83. The van der Waals surface area contributed by atoms with Crippen LogP contribution in [0.15, 0.2) is 24.3 Å². The minimum absolute atomic E-state index is 0.559. The molecule has 0 saturated carbocycles. The van der Waals surface area contributed by atoms with Crippen LogP contribution in [-0.4, -0.2) is 33.2 Å². The maximum absolute atomic E-state index is 5.22. The van der Waals surface area contributed by atoms with Crippen molar-refractivity contribution in [3.05, 3.63) is 34.8 Å². The van der Waals surface area contributed by atoms with Crippen LogP contribution in [0.1, 0.15) is 10.6 Å². The summed E-state index contributed by atoms with van der Waals surface area (Å²) in [5.41, 5.74) is 3.37. The van der Waals surface area contributed by atoms with Gasteiger partial charge in [0.25, 0.3) is 0 Å². The van der Waals surface area contributed by atoms with E-state index >= 15 is 0 Å². The lowest BCUT2D eigenvalue weighted by molar-refractivity contribution is 0.181. The average Bonchev–Trinajstić information content (AvgIpc) is 2.83. The number of ether oxygens (including phenoxy) is 1. The van der Waals surface area contributed by atoms with Gasteiger partial charge in [0.05, 0.1) is 12.3 Å². The Kier molecular flexibility index (Phi) is 5.11. The van der Waals surface area contributed by atoms with Crippen LogP contribution < -0.4 is 10.2 Å². The summed E-state index contributed by atoms with van der Waals surface area (Å²) in [5, 5.41) is 4.23. The summed E-state index contributed by atoms with van der Waals surface area (Å²) in [7, 11) is 7.73. The molecule has 0 aliphatic heterocycles. The van der Waals surface area contributed by atoms with Crippen molar-refractivity contribution in [2.45, 2.75) is 13.2 Å². The number of rotatable bonds is 6. The number of hydrogen-bond acceptors (Lipinski definition) is 5. The maximum atomic E-state index is 5.22. The monoisotopic (exact) mass is 291 g/mol. The number of methoxy groups -OCH3 is 1. The van der Waals surface area contributed by atoms with Crippen molar-refractivity contribution < 1.29 is 4.74 Å². The van der Waals surface area contributed by atoms with Crippen molar-refractivity contribution >= 4 is 17.0 Å². The first kappa shape index (κ1) is 15.0. The van der Waals surface area contributed by atoms with E-state index in [-0.39, 0.29) is 0 Å². The zero-order valence-electron chi connectivity index (χ0n) is 12.4. The highest BCUT2D eigenvalue weighted by Crippen LogP contribution is 2.29. The van der Waals surface area contributed by atoms with Gasteiger partial charge in [0.1, 0.15) is 5.01 Å². The van der Waals surface area contributed by atoms with E-state index in [1.54, 1.807) is 18.4 Å². The molecular weight excluding hydrogens is 270 g/mol. The molecule has 1 aromatic carbocycles. The van der Waals surface area contributed by atoms with E-state index in [9.17, 15) is 0 Å². The van der Waals surface area contributed by atoms with Crippen LogP contribution in [-0.2, 0) is 17.9 Å². The van der Waals surface area contributed by atoms with Crippen LogP contribution in [0.25, 0.3) is 10.6 Å². The fourth-order valence-electron chi connectivity index (χ4n) is 1.96. The molecule has 0 amide bonds. The Labute approximate surface area is 124 Å². The lowest BCUT2D eigenvalue weighted by Gasteiger charge is -2.11. The molecule has 0 saturated heterocycles. The lowest BCUT2D eigenvalue weighted by Crippen LogP contribution is -2.07. The van der Waals surface area contributed by atoms with E-state index in [4.69, 9.17) is 9.72 Å². The van der Waals surface area contributed by atoms with E-state index in [1.165, 1.54) is 10.6 Å². The summed E-state index contributed by atoms with van der Waals surface area (Å²) in [6.45, 7) is 1.38. The van der Waals surface area contributed by atoms with Crippen molar-refractivity contribution in [2.24, 2.45) is 0 Å². The number of aromatic nitrogens is 1. The zero-order valence-corrected chi connectivity index (χ0v) is 13.3. The van der Waals surface area contributed by atoms with Crippen LogP contribution in [0, 0.1) is 0 Å². The van der Waals surface area contributed by atoms with Gasteiger partial charge in [0, 0.05) is 43.9 Å². The minimum atomic E-state index is 0.559. The quantitative estimate of drug-likeness (QED) is 0.888. The predicted molar refractivity (Wildman–Crippen MR) is 85.4 cm³/mol. The number of anilines is 1. The number of hydrogen-bond donors (Lipinski definition) is 1. The van der Waals surface area contributed by atoms with Gasteiger partial charge in [0.2, 0.25) is 0 Å². The molecule has 108 valence electrons. The smallest absolute Gasteiger partial charge is 0.124 e. The SMILES string of the molecule is CNCc1sc(-c2ccc(N(C)C)cc2)nc1COC. The molecule has 0 aliphatic rings. The van der Waals surface area contributed by atoms with Crippen LogP contribution in [0.2, 0.25) is 0 Å². The largest absolute Gasteiger partial charge is 0.378 e. The molecule has 0 bridgehead atoms. The van der Waals surface area contributed by atoms with E-state index in [0.29, 0.717) is 6.61 Å². The van der Waals surface area contributed by atoms with Crippen molar-refractivity contribution in [2.75, 3.05) is 33.2 Å². The van der Waals surface area contributed by atoms with E-state index in [2.05, 4.69) is 34.5 Å². The molecular formula is C15H21N3OS. The maximum Gasteiger partial charge on any atom is 0.124 e. The third-order valence-corrected chi connectivity index (χ3v) is 4.17. The van der Waals surface area contributed by atoms with Crippen LogP contribution in [0.3, 0.4) is 0 Å². The van der Waals surface area contributed by atoms with Gasteiger partial charge in [-0.3, -0.25) is 0 Å². The Morgan fingerprint density at radius 2 is 1.95 bits per heavy atom. The normalized spacial score (nSPS) is 10.8. The summed E-state index contributed by atoms with van der Waals surface area (Å²) < 4.78 is 5.22. The lowest BCUT2D eigenvalue weighted by atomic mass is 10.2. The number of nitrogens with one attached hydrogen (secondary N) is 1. The van der Waals surface area contributed by atoms with Gasteiger partial charge in [-0.15, -0.1) is 11.3 Å². The van der Waals surface area contributed by atoms with Gasteiger partial charge in [0.15, 0.2) is 0 Å². The summed E-state index contributed by atoms with van der Waals surface area (Å²) in [6, 6.07) is 8.47. The summed E-state index contributed by atoms with van der Waals surface area (Å²) in [6.07, 6.45) is 0. The third-order valence-electron chi connectivity index (χ3n) is 3.03. The second-order valence-electron chi connectivity index (χ2n) is 4.79. The third kappa shape index (κ3) is 3.36. The molecule has 2 rings (SSSR count). The van der Waals surface area contributed by atoms with Gasteiger partial charge in [-0.05, 0) is 31.3 Å². The van der Waals surface area contributed by atoms with Crippen LogP contribution in [0.4, 0.5) is 5.69 Å². The molecule has 0 fully saturated rings. The van der Waals surface area contributed by atoms with Gasteiger partial charge >= 0.3 is 0 Å². The standard InChI is InChI=1S/C15H21N3OS/c1-16-9-14-13(10-19-4)17-15(20-14)11-5-7-12(8-6-11)18(2)3/h5-8,16H,9-10H2,1-4H3. The van der Waals surface area contributed by atoms with E-state index in [1.807, 2.05) is 21.1 Å². The molecule has 1 N–H and O–H groups in total. The number of thiazole rings is 1. The molecule has 1 heterocycles. The molecule has 4 nitrogen and oxygen atoms in total. The Morgan fingerprint density at radius 3 is 2.50 bits per heavy atom. The molecule has 20 heavy (non-hydrogen) atoms.